The number of amidine groups is 1. The number of benzene rings is 1. The van der Waals surface area contributed by atoms with Crippen LogP contribution in [0.5, 0.6) is 0 Å². The number of hydrazine groups is 1. The Morgan fingerprint density at radius 1 is 1.31 bits per heavy atom. The molecule has 7 heteroatoms. The molecular formula is C19H25N5O2. The largest absolute Gasteiger partial charge is 0.285 e. The molecule has 1 aliphatic carbocycles. The number of rotatable bonds is 5. The predicted molar refractivity (Wildman–Crippen MR) is 100 cm³/mol. The van der Waals surface area contributed by atoms with Crippen molar-refractivity contribution in [1.29, 1.82) is 0 Å². The van der Waals surface area contributed by atoms with E-state index in [2.05, 4.69) is 33.3 Å². The summed E-state index contributed by atoms with van der Waals surface area (Å²) in [5.41, 5.74) is 10.1. The highest BCUT2D eigenvalue weighted by molar-refractivity contribution is 5.97. The van der Waals surface area contributed by atoms with Gasteiger partial charge in [0.25, 0.3) is 5.91 Å². The summed E-state index contributed by atoms with van der Waals surface area (Å²) in [5, 5.41) is 4.23. The first-order chi connectivity index (χ1) is 12.6. The number of carbonyl (C=O) groups is 2. The molecule has 3 rings (SSSR count). The number of carbonyl (C=O) groups excluding carboxylic acids is 2. The number of aliphatic imine (C=N–C) groups is 1. The van der Waals surface area contributed by atoms with Crippen LogP contribution in [0.1, 0.15) is 44.6 Å². The molecule has 2 amide bonds. The Morgan fingerprint density at radius 2 is 2.12 bits per heavy atom. The van der Waals surface area contributed by atoms with Crippen LogP contribution in [0.3, 0.4) is 0 Å². The second kappa shape index (κ2) is 8.60. The van der Waals surface area contributed by atoms with Gasteiger partial charge < -0.3 is 0 Å². The average Bonchev–Trinajstić information content (AvgIpc) is 2.64. The highest BCUT2D eigenvalue weighted by atomic mass is 16.2. The summed E-state index contributed by atoms with van der Waals surface area (Å²) in [4.78, 5) is 28.5. The van der Waals surface area contributed by atoms with E-state index in [1.807, 2.05) is 30.3 Å². The van der Waals surface area contributed by atoms with Crippen molar-refractivity contribution < 1.29 is 9.59 Å². The van der Waals surface area contributed by atoms with Gasteiger partial charge in [-0.3, -0.25) is 25.4 Å². The Balaban J connectivity index is 1.56. The lowest BCUT2D eigenvalue weighted by Crippen LogP contribution is -2.52. The van der Waals surface area contributed by atoms with Crippen molar-refractivity contribution in [1.82, 2.24) is 16.3 Å². The van der Waals surface area contributed by atoms with Crippen LogP contribution >= 0.6 is 0 Å². The van der Waals surface area contributed by atoms with Crippen LogP contribution in [0.25, 0.3) is 0 Å². The van der Waals surface area contributed by atoms with Crippen molar-refractivity contribution in [3.63, 3.8) is 0 Å². The molecule has 0 saturated heterocycles. The number of hydrogen-bond donors (Lipinski definition) is 3. The van der Waals surface area contributed by atoms with Crippen LogP contribution in [0, 0.1) is 5.92 Å². The van der Waals surface area contributed by atoms with Crippen molar-refractivity contribution in [3.8, 4) is 0 Å². The fourth-order valence-electron chi connectivity index (χ4n) is 3.24. The summed E-state index contributed by atoms with van der Waals surface area (Å²) < 4.78 is 0. The highest BCUT2D eigenvalue weighted by Crippen LogP contribution is 2.20. The molecule has 2 atom stereocenters. The zero-order valence-corrected chi connectivity index (χ0v) is 15.0. The smallest absolute Gasteiger partial charge is 0.263 e. The Kier molecular flexibility index (Phi) is 5.99. The maximum absolute atomic E-state index is 12.2. The van der Waals surface area contributed by atoms with Crippen LogP contribution in [-0.4, -0.2) is 29.4 Å². The molecule has 0 aromatic heterocycles. The van der Waals surface area contributed by atoms with E-state index in [0.29, 0.717) is 18.2 Å². The molecule has 0 bridgehead atoms. The fourth-order valence-corrected chi connectivity index (χ4v) is 3.24. The quantitative estimate of drug-likeness (QED) is 0.702. The minimum atomic E-state index is -0.736. The number of nitrogens with zero attached hydrogens (tertiary/aromatic N) is 2. The van der Waals surface area contributed by atoms with Crippen molar-refractivity contribution in [3.05, 3.63) is 35.9 Å². The molecule has 7 nitrogen and oxygen atoms in total. The summed E-state index contributed by atoms with van der Waals surface area (Å²) in [7, 11) is 0. The Hall–Kier alpha value is -2.70. The maximum atomic E-state index is 12.2. The van der Waals surface area contributed by atoms with Gasteiger partial charge in [0, 0.05) is 12.1 Å². The lowest BCUT2D eigenvalue weighted by molar-refractivity contribution is -0.128. The van der Waals surface area contributed by atoms with Crippen molar-refractivity contribution >= 4 is 23.4 Å². The van der Waals surface area contributed by atoms with Crippen molar-refractivity contribution in [2.24, 2.45) is 16.0 Å². The number of amides is 2. The number of hydrogen-bond acceptors (Lipinski definition) is 5. The van der Waals surface area contributed by atoms with E-state index >= 15 is 0 Å². The van der Waals surface area contributed by atoms with E-state index in [0.717, 1.165) is 30.5 Å². The third kappa shape index (κ3) is 5.15. The summed E-state index contributed by atoms with van der Waals surface area (Å²) in [6.45, 7) is 2.19. The molecule has 0 unspecified atom stereocenters. The van der Waals surface area contributed by atoms with Crippen molar-refractivity contribution in [2.75, 3.05) is 0 Å². The van der Waals surface area contributed by atoms with Gasteiger partial charge in [-0.25, -0.2) is 5.43 Å². The molecular weight excluding hydrogens is 330 g/mol. The topological polar surface area (TPSA) is 94.9 Å². The van der Waals surface area contributed by atoms with E-state index in [1.165, 1.54) is 6.42 Å². The average molecular weight is 355 g/mol. The van der Waals surface area contributed by atoms with Crippen LogP contribution in [0.4, 0.5) is 0 Å². The van der Waals surface area contributed by atoms with E-state index in [9.17, 15) is 9.59 Å². The molecule has 0 spiro atoms. The van der Waals surface area contributed by atoms with Gasteiger partial charge in [0.15, 0.2) is 0 Å². The van der Waals surface area contributed by atoms with E-state index in [4.69, 9.17) is 0 Å². The molecule has 3 N–H and O–H groups in total. The fraction of sp³-hybridized carbons (Fsp3) is 0.474. The van der Waals surface area contributed by atoms with E-state index in [1.54, 1.807) is 0 Å². The van der Waals surface area contributed by atoms with Gasteiger partial charge in [0.2, 0.25) is 5.91 Å². The lowest BCUT2D eigenvalue weighted by atomic mass is 9.89. The summed E-state index contributed by atoms with van der Waals surface area (Å²) in [5.74, 6) is 0.650. The van der Waals surface area contributed by atoms with Gasteiger partial charge in [-0.1, -0.05) is 37.3 Å². The Morgan fingerprint density at radius 3 is 2.88 bits per heavy atom. The Bertz CT molecular complexity index is 714. The summed E-state index contributed by atoms with van der Waals surface area (Å²) in [6, 6.07) is 9.10. The first-order valence-corrected chi connectivity index (χ1v) is 9.11. The van der Waals surface area contributed by atoms with Gasteiger partial charge in [-0.15, -0.1) is 0 Å². The molecule has 1 saturated carbocycles. The van der Waals surface area contributed by atoms with Crippen LogP contribution in [-0.2, 0) is 16.0 Å². The first kappa shape index (κ1) is 18.1. The van der Waals surface area contributed by atoms with Gasteiger partial charge in [-0.2, -0.15) is 5.10 Å². The highest BCUT2D eigenvalue weighted by Gasteiger charge is 2.26. The predicted octanol–water partition coefficient (Wildman–Crippen LogP) is 1.70. The lowest BCUT2D eigenvalue weighted by Gasteiger charge is -2.22. The van der Waals surface area contributed by atoms with Gasteiger partial charge >= 0.3 is 0 Å². The van der Waals surface area contributed by atoms with Crippen LogP contribution in [0.2, 0.25) is 0 Å². The molecule has 1 heterocycles. The molecule has 0 radical (unpaired) electrons. The molecule has 1 aliphatic heterocycles. The SMILES string of the molecule is C[C@@H]1CCCC(=NNC(=O)C[C@@H]2N=C(Cc3ccccc3)NNC2=O)C1. The molecule has 1 aromatic rings. The number of hydrazone groups is 1. The number of nitrogens with one attached hydrogen (secondary N) is 3. The van der Waals surface area contributed by atoms with Crippen LogP contribution < -0.4 is 16.3 Å². The molecule has 2 aliphatic rings. The minimum Gasteiger partial charge on any atom is -0.285 e. The van der Waals surface area contributed by atoms with E-state index < -0.39 is 6.04 Å². The zero-order valence-electron chi connectivity index (χ0n) is 15.0. The van der Waals surface area contributed by atoms with Crippen LogP contribution in [0.15, 0.2) is 40.4 Å². The zero-order chi connectivity index (χ0) is 18.4. The minimum absolute atomic E-state index is 0.0157. The third-order valence-corrected chi connectivity index (χ3v) is 4.62. The maximum Gasteiger partial charge on any atom is 0.263 e. The molecule has 1 aromatic carbocycles. The summed E-state index contributed by atoms with van der Waals surface area (Å²) >= 11 is 0. The second-order valence-electron chi connectivity index (χ2n) is 6.99. The molecule has 1 fully saturated rings. The van der Waals surface area contributed by atoms with Gasteiger partial charge in [0.1, 0.15) is 11.9 Å². The molecule has 138 valence electrons. The first-order valence-electron chi connectivity index (χ1n) is 9.11. The third-order valence-electron chi connectivity index (χ3n) is 4.62. The standard InChI is InChI=1S/C19H25N5O2/c1-13-6-5-9-15(10-13)21-23-18(25)12-16-19(26)24-22-17(20-16)11-14-7-3-2-4-8-14/h2-4,7-8,13,16H,5-6,9-12H2,1H3,(H,20,22)(H,23,25)(H,24,26)/t13-,16+/m1/s1. The Labute approximate surface area is 153 Å². The normalized spacial score (nSPS) is 24.4. The molecule has 26 heavy (non-hydrogen) atoms. The second-order valence-corrected chi connectivity index (χ2v) is 6.99. The monoisotopic (exact) mass is 355 g/mol. The van der Waals surface area contributed by atoms with Gasteiger partial charge in [-0.05, 0) is 37.2 Å². The van der Waals surface area contributed by atoms with E-state index in [-0.39, 0.29) is 18.2 Å². The van der Waals surface area contributed by atoms with Gasteiger partial charge in [0.05, 0.1) is 6.42 Å². The van der Waals surface area contributed by atoms with Crippen molar-refractivity contribution in [2.45, 2.75) is 51.5 Å². The summed E-state index contributed by atoms with van der Waals surface area (Å²) in [6.07, 6.45) is 4.73.